The summed E-state index contributed by atoms with van der Waals surface area (Å²) in [6.07, 6.45) is 1.97. The highest BCUT2D eigenvalue weighted by Gasteiger charge is 2.32. The van der Waals surface area contributed by atoms with Crippen molar-refractivity contribution in [3.05, 3.63) is 29.8 Å². The van der Waals surface area contributed by atoms with Crippen LogP contribution < -0.4 is 10.2 Å². The molecule has 6 nitrogen and oxygen atoms in total. The van der Waals surface area contributed by atoms with Crippen molar-refractivity contribution in [2.24, 2.45) is 0 Å². The van der Waals surface area contributed by atoms with Crippen LogP contribution in [0.25, 0.3) is 0 Å². The number of amides is 2. The average Bonchev–Trinajstić information content (AvgIpc) is 2.45. The first-order valence-electron chi connectivity index (χ1n) is 6.68. The number of urea groups is 1. The van der Waals surface area contributed by atoms with E-state index in [1.165, 1.54) is 0 Å². The van der Waals surface area contributed by atoms with Crippen LogP contribution in [0.15, 0.2) is 24.3 Å². The standard InChI is InChI=1S/C14H18N2O4S/c1-21(20)9-7-15-14(19)16-8-6-11(13(17)18)10-4-2-3-5-12(10)16/h2-5,11H,6-9H2,1H3,(H,15,19)(H,17,18). The molecule has 0 fully saturated rings. The molecule has 2 unspecified atom stereocenters. The third kappa shape index (κ3) is 3.60. The summed E-state index contributed by atoms with van der Waals surface area (Å²) in [4.78, 5) is 25.0. The number of nitrogens with zero attached hydrogens (tertiary/aromatic N) is 1. The Balaban J connectivity index is 2.15. The monoisotopic (exact) mass is 310 g/mol. The molecule has 1 aliphatic rings. The van der Waals surface area contributed by atoms with E-state index < -0.39 is 22.7 Å². The fourth-order valence-corrected chi connectivity index (χ4v) is 2.82. The Morgan fingerprint density at radius 2 is 2.14 bits per heavy atom. The molecule has 0 saturated heterocycles. The molecular weight excluding hydrogens is 292 g/mol. The number of carboxylic acid groups (broad SMARTS) is 1. The zero-order valence-corrected chi connectivity index (χ0v) is 12.6. The Morgan fingerprint density at radius 1 is 1.43 bits per heavy atom. The summed E-state index contributed by atoms with van der Waals surface area (Å²) in [5, 5.41) is 12.0. The van der Waals surface area contributed by atoms with Crippen molar-refractivity contribution in [2.45, 2.75) is 12.3 Å². The van der Waals surface area contributed by atoms with Crippen LogP contribution in [0.5, 0.6) is 0 Å². The number of nitrogens with one attached hydrogen (secondary N) is 1. The predicted molar refractivity (Wildman–Crippen MR) is 81.1 cm³/mol. The summed E-state index contributed by atoms with van der Waals surface area (Å²) in [5.74, 6) is -1.05. The van der Waals surface area contributed by atoms with E-state index in [4.69, 9.17) is 0 Å². The molecule has 2 atom stereocenters. The van der Waals surface area contributed by atoms with Gasteiger partial charge < -0.3 is 10.4 Å². The summed E-state index contributed by atoms with van der Waals surface area (Å²) in [7, 11) is -0.955. The van der Waals surface area contributed by atoms with Gasteiger partial charge in [0.2, 0.25) is 0 Å². The number of hydrogen-bond acceptors (Lipinski definition) is 3. The third-order valence-electron chi connectivity index (χ3n) is 3.45. The van der Waals surface area contributed by atoms with Gasteiger partial charge in [-0.15, -0.1) is 0 Å². The molecule has 1 heterocycles. The lowest BCUT2D eigenvalue weighted by Gasteiger charge is -2.32. The van der Waals surface area contributed by atoms with Gasteiger partial charge in [0, 0.05) is 41.6 Å². The van der Waals surface area contributed by atoms with Crippen molar-refractivity contribution in [1.82, 2.24) is 5.32 Å². The highest BCUT2D eigenvalue weighted by atomic mass is 32.2. The molecule has 2 amide bonds. The van der Waals surface area contributed by atoms with E-state index in [1.807, 2.05) is 0 Å². The number of carbonyl (C=O) groups excluding carboxylic acids is 1. The average molecular weight is 310 g/mol. The van der Waals surface area contributed by atoms with Crippen LogP contribution in [0.4, 0.5) is 10.5 Å². The minimum atomic E-state index is -0.955. The summed E-state index contributed by atoms with van der Waals surface area (Å²) >= 11 is 0. The number of para-hydroxylation sites is 1. The SMILES string of the molecule is CS(=O)CCNC(=O)N1CCC(C(=O)O)c2ccccc21. The van der Waals surface area contributed by atoms with Gasteiger partial charge >= 0.3 is 12.0 Å². The van der Waals surface area contributed by atoms with Crippen LogP contribution in [-0.2, 0) is 15.6 Å². The molecule has 0 aliphatic carbocycles. The zero-order chi connectivity index (χ0) is 15.4. The molecular formula is C14H18N2O4S. The predicted octanol–water partition coefficient (Wildman–Crippen LogP) is 1.15. The number of carbonyl (C=O) groups is 2. The Labute approximate surface area is 125 Å². The largest absolute Gasteiger partial charge is 0.481 e. The van der Waals surface area contributed by atoms with E-state index >= 15 is 0 Å². The van der Waals surface area contributed by atoms with Gasteiger partial charge in [-0.3, -0.25) is 13.9 Å². The molecule has 7 heteroatoms. The quantitative estimate of drug-likeness (QED) is 0.873. The van der Waals surface area contributed by atoms with Gasteiger partial charge in [-0.2, -0.15) is 0 Å². The summed E-state index contributed by atoms with van der Waals surface area (Å²) in [5.41, 5.74) is 1.29. The van der Waals surface area contributed by atoms with E-state index in [0.29, 0.717) is 36.5 Å². The number of rotatable bonds is 4. The molecule has 2 rings (SSSR count). The number of benzene rings is 1. The normalized spacial score (nSPS) is 18.7. The first kappa shape index (κ1) is 15.5. The fraction of sp³-hybridized carbons (Fsp3) is 0.429. The van der Waals surface area contributed by atoms with Crippen molar-refractivity contribution in [2.75, 3.05) is 30.0 Å². The van der Waals surface area contributed by atoms with Gasteiger partial charge in [0.05, 0.1) is 5.92 Å². The molecule has 2 N–H and O–H groups in total. The number of carboxylic acids is 1. The lowest BCUT2D eigenvalue weighted by Crippen LogP contribution is -2.45. The van der Waals surface area contributed by atoms with Gasteiger partial charge in [-0.25, -0.2) is 4.79 Å². The van der Waals surface area contributed by atoms with Crippen molar-refractivity contribution < 1.29 is 18.9 Å². The van der Waals surface area contributed by atoms with Crippen molar-refractivity contribution in [3.8, 4) is 0 Å². The maximum atomic E-state index is 12.2. The van der Waals surface area contributed by atoms with Crippen LogP contribution in [0.3, 0.4) is 0 Å². The van der Waals surface area contributed by atoms with Gasteiger partial charge in [-0.05, 0) is 18.1 Å². The second kappa shape index (κ2) is 6.71. The van der Waals surface area contributed by atoms with Gasteiger partial charge in [0.25, 0.3) is 0 Å². The molecule has 1 aromatic rings. The van der Waals surface area contributed by atoms with Gasteiger partial charge in [0.15, 0.2) is 0 Å². The van der Waals surface area contributed by atoms with Crippen LogP contribution >= 0.6 is 0 Å². The minimum absolute atomic E-state index is 0.281. The summed E-state index contributed by atoms with van der Waals surface area (Å²) in [6.45, 7) is 0.692. The number of anilines is 1. The Hall–Kier alpha value is -1.89. The van der Waals surface area contributed by atoms with Crippen LogP contribution in [0.2, 0.25) is 0 Å². The maximum absolute atomic E-state index is 12.2. The van der Waals surface area contributed by atoms with E-state index in [1.54, 1.807) is 35.4 Å². The molecule has 21 heavy (non-hydrogen) atoms. The molecule has 0 bridgehead atoms. The summed E-state index contributed by atoms with van der Waals surface area (Å²) < 4.78 is 11.0. The van der Waals surface area contributed by atoms with Crippen molar-refractivity contribution >= 4 is 28.5 Å². The first-order chi connectivity index (χ1) is 10.0. The first-order valence-corrected chi connectivity index (χ1v) is 8.40. The fourth-order valence-electron chi connectivity index (χ4n) is 2.43. The highest BCUT2D eigenvalue weighted by molar-refractivity contribution is 7.84. The zero-order valence-electron chi connectivity index (χ0n) is 11.7. The third-order valence-corrected chi connectivity index (χ3v) is 4.23. The van der Waals surface area contributed by atoms with Gasteiger partial charge in [-0.1, -0.05) is 18.2 Å². The topological polar surface area (TPSA) is 86.7 Å². The number of fused-ring (bicyclic) bond motifs is 1. The van der Waals surface area contributed by atoms with E-state index in [2.05, 4.69) is 5.32 Å². The Morgan fingerprint density at radius 3 is 2.81 bits per heavy atom. The second-order valence-corrected chi connectivity index (χ2v) is 6.45. The Kier molecular flexibility index (Phi) is 4.95. The summed E-state index contributed by atoms with van der Waals surface area (Å²) in [6, 6.07) is 6.77. The van der Waals surface area contributed by atoms with Gasteiger partial charge in [0.1, 0.15) is 0 Å². The van der Waals surface area contributed by atoms with Crippen LogP contribution in [0, 0.1) is 0 Å². The number of hydrogen-bond donors (Lipinski definition) is 2. The molecule has 114 valence electrons. The van der Waals surface area contributed by atoms with Crippen molar-refractivity contribution in [1.29, 1.82) is 0 Å². The molecule has 0 aromatic heterocycles. The van der Waals surface area contributed by atoms with Crippen molar-refractivity contribution in [3.63, 3.8) is 0 Å². The number of aliphatic carboxylic acids is 1. The minimum Gasteiger partial charge on any atom is -0.481 e. The molecule has 0 radical (unpaired) electrons. The Bertz CT molecular complexity index is 576. The lowest BCUT2D eigenvalue weighted by molar-refractivity contribution is -0.139. The van der Waals surface area contributed by atoms with E-state index in [0.717, 1.165) is 0 Å². The molecule has 0 spiro atoms. The van der Waals surface area contributed by atoms with E-state index in [9.17, 15) is 18.9 Å². The second-order valence-electron chi connectivity index (χ2n) is 4.90. The lowest BCUT2D eigenvalue weighted by atomic mass is 9.90. The van der Waals surface area contributed by atoms with Crippen LogP contribution in [-0.4, -0.2) is 46.4 Å². The molecule has 1 aliphatic heterocycles. The maximum Gasteiger partial charge on any atom is 0.321 e. The molecule has 0 saturated carbocycles. The smallest absolute Gasteiger partial charge is 0.321 e. The molecule has 1 aromatic carbocycles. The van der Waals surface area contributed by atoms with Crippen LogP contribution in [0.1, 0.15) is 17.9 Å². The highest BCUT2D eigenvalue weighted by Crippen LogP contribution is 2.35. The van der Waals surface area contributed by atoms with E-state index in [-0.39, 0.29) is 6.03 Å².